The van der Waals surface area contributed by atoms with Crippen LogP contribution in [0.4, 0.5) is 0 Å². The van der Waals surface area contributed by atoms with E-state index in [4.69, 9.17) is 9.47 Å². The molecule has 0 N–H and O–H groups in total. The van der Waals surface area contributed by atoms with E-state index in [9.17, 15) is 0 Å². The van der Waals surface area contributed by atoms with Gasteiger partial charge in [0, 0.05) is 9.84 Å². The van der Waals surface area contributed by atoms with E-state index in [1.807, 2.05) is 13.8 Å². The van der Waals surface area contributed by atoms with Crippen LogP contribution in [0.1, 0.15) is 27.2 Å². The van der Waals surface area contributed by atoms with Gasteiger partial charge in [-0.15, -0.1) is 0 Å². The number of ether oxygens (including phenoxy) is 2. The van der Waals surface area contributed by atoms with Crippen molar-refractivity contribution in [3.63, 3.8) is 0 Å². The molecule has 0 saturated carbocycles. The molecule has 0 aromatic carbocycles. The van der Waals surface area contributed by atoms with E-state index in [-0.39, 0.29) is 11.2 Å². The van der Waals surface area contributed by atoms with Crippen molar-refractivity contribution in [2.24, 2.45) is 5.41 Å². The van der Waals surface area contributed by atoms with Gasteiger partial charge in [0.15, 0.2) is 5.79 Å². The summed E-state index contributed by atoms with van der Waals surface area (Å²) in [6.45, 7) is 7.81. The molecule has 0 aromatic rings. The standard InChI is InChI=1S/C9H17IO2/c1-4-9(5-10)6-11-8(2,3)12-7-9/h4-7H2,1-3H3. The van der Waals surface area contributed by atoms with Crippen LogP contribution >= 0.6 is 22.6 Å². The highest BCUT2D eigenvalue weighted by Gasteiger charge is 2.37. The van der Waals surface area contributed by atoms with Crippen molar-refractivity contribution in [3.8, 4) is 0 Å². The molecule has 1 saturated heterocycles. The second kappa shape index (κ2) is 3.80. The Morgan fingerprint density at radius 2 is 1.75 bits per heavy atom. The summed E-state index contributed by atoms with van der Waals surface area (Å²) < 4.78 is 12.4. The van der Waals surface area contributed by atoms with Gasteiger partial charge in [-0.2, -0.15) is 0 Å². The SMILES string of the molecule is CCC1(CI)COC(C)(C)OC1. The van der Waals surface area contributed by atoms with Gasteiger partial charge in [0.2, 0.25) is 0 Å². The normalized spacial score (nSPS) is 27.0. The molecular weight excluding hydrogens is 267 g/mol. The van der Waals surface area contributed by atoms with Gasteiger partial charge >= 0.3 is 0 Å². The van der Waals surface area contributed by atoms with Gasteiger partial charge in [0.25, 0.3) is 0 Å². The number of hydrogen-bond donors (Lipinski definition) is 0. The third-order valence-electron chi connectivity index (χ3n) is 2.49. The predicted octanol–water partition coefficient (Wildman–Crippen LogP) is 2.60. The van der Waals surface area contributed by atoms with Crippen molar-refractivity contribution in [2.45, 2.75) is 33.0 Å². The lowest BCUT2D eigenvalue weighted by Gasteiger charge is -2.42. The van der Waals surface area contributed by atoms with E-state index >= 15 is 0 Å². The van der Waals surface area contributed by atoms with E-state index in [2.05, 4.69) is 29.5 Å². The summed E-state index contributed by atoms with van der Waals surface area (Å²) in [5.41, 5.74) is 0.260. The Morgan fingerprint density at radius 1 is 1.25 bits per heavy atom. The molecule has 0 bridgehead atoms. The van der Waals surface area contributed by atoms with Gasteiger partial charge in [-0.1, -0.05) is 29.5 Å². The molecule has 0 spiro atoms. The summed E-state index contributed by atoms with van der Waals surface area (Å²) in [4.78, 5) is 0. The molecule has 3 heteroatoms. The summed E-state index contributed by atoms with van der Waals surface area (Å²) >= 11 is 2.41. The molecule has 12 heavy (non-hydrogen) atoms. The molecule has 1 heterocycles. The number of hydrogen-bond acceptors (Lipinski definition) is 2. The lowest BCUT2D eigenvalue weighted by molar-refractivity contribution is -0.281. The van der Waals surface area contributed by atoms with Gasteiger partial charge in [-0.05, 0) is 20.3 Å². The molecule has 1 aliphatic rings. The van der Waals surface area contributed by atoms with Gasteiger partial charge in [0.05, 0.1) is 13.2 Å². The van der Waals surface area contributed by atoms with Crippen LogP contribution in [0.2, 0.25) is 0 Å². The molecule has 0 aliphatic carbocycles. The summed E-state index contributed by atoms with van der Waals surface area (Å²) in [5.74, 6) is -0.371. The number of rotatable bonds is 2. The Labute approximate surface area is 88.1 Å². The molecule has 1 fully saturated rings. The fraction of sp³-hybridized carbons (Fsp3) is 1.00. The van der Waals surface area contributed by atoms with Crippen LogP contribution in [-0.2, 0) is 9.47 Å². The molecule has 1 aliphatic heterocycles. The van der Waals surface area contributed by atoms with Gasteiger partial charge in [-0.3, -0.25) is 0 Å². The Balaban J connectivity index is 2.53. The number of alkyl halides is 1. The van der Waals surface area contributed by atoms with Crippen molar-refractivity contribution in [3.05, 3.63) is 0 Å². The predicted molar refractivity (Wildman–Crippen MR) is 57.6 cm³/mol. The van der Waals surface area contributed by atoms with E-state index in [1.54, 1.807) is 0 Å². The van der Waals surface area contributed by atoms with Crippen molar-refractivity contribution >= 4 is 22.6 Å². The maximum absolute atomic E-state index is 5.64. The van der Waals surface area contributed by atoms with Crippen molar-refractivity contribution in [1.82, 2.24) is 0 Å². The molecule has 0 unspecified atom stereocenters. The summed E-state index contributed by atoms with van der Waals surface area (Å²) in [5, 5.41) is 0. The minimum atomic E-state index is -0.371. The van der Waals surface area contributed by atoms with E-state index in [0.29, 0.717) is 0 Å². The van der Waals surface area contributed by atoms with Gasteiger partial charge in [0.1, 0.15) is 0 Å². The second-order valence-corrected chi connectivity index (χ2v) is 4.73. The van der Waals surface area contributed by atoms with Crippen LogP contribution in [0.25, 0.3) is 0 Å². The molecule has 1 rings (SSSR count). The Kier molecular flexibility index (Phi) is 3.40. The zero-order chi connectivity index (χ0) is 9.24. The zero-order valence-corrected chi connectivity index (χ0v) is 10.2. The number of halogens is 1. The monoisotopic (exact) mass is 284 g/mol. The summed E-state index contributed by atoms with van der Waals surface area (Å²) in [6.07, 6.45) is 1.13. The van der Waals surface area contributed by atoms with Crippen LogP contribution in [0.3, 0.4) is 0 Å². The van der Waals surface area contributed by atoms with E-state index in [0.717, 1.165) is 24.1 Å². The summed E-state index contributed by atoms with van der Waals surface area (Å²) in [7, 11) is 0. The quantitative estimate of drug-likeness (QED) is 0.573. The zero-order valence-electron chi connectivity index (χ0n) is 8.02. The third-order valence-corrected chi connectivity index (χ3v) is 4.10. The van der Waals surface area contributed by atoms with Gasteiger partial charge < -0.3 is 9.47 Å². The molecule has 72 valence electrons. The minimum absolute atomic E-state index is 0.260. The molecule has 0 atom stereocenters. The molecule has 2 nitrogen and oxygen atoms in total. The first-order chi connectivity index (χ1) is 5.54. The van der Waals surface area contributed by atoms with Crippen LogP contribution < -0.4 is 0 Å². The maximum Gasteiger partial charge on any atom is 0.162 e. The first-order valence-corrected chi connectivity index (χ1v) is 5.90. The summed E-state index contributed by atoms with van der Waals surface area (Å²) in [6, 6.07) is 0. The first-order valence-electron chi connectivity index (χ1n) is 4.37. The Morgan fingerprint density at radius 3 is 2.08 bits per heavy atom. The molecule has 0 amide bonds. The van der Waals surface area contributed by atoms with Crippen LogP contribution in [0.15, 0.2) is 0 Å². The van der Waals surface area contributed by atoms with E-state index in [1.165, 1.54) is 0 Å². The lowest BCUT2D eigenvalue weighted by Crippen LogP contribution is -2.47. The Hall–Kier alpha value is 0.650. The van der Waals surface area contributed by atoms with Crippen LogP contribution in [-0.4, -0.2) is 23.4 Å². The lowest BCUT2D eigenvalue weighted by atomic mass is 9.89. The maximum atomic E-state index is 5.64. The van der Waals surface area contributed by atoms with Crippen molar-refractivity contribution in [2.75, 3.05) is 17.6 Å². The Bertz CT molecular complexity index is 141. The average Bonchev–Trinajstić information content (AvgIpc) is 2.06. The third kappa shape index (κ3) is 2.33. The topological polar surface area (TPSA) is 18.5 Å². The molecular formula is C9H17IO2. The van der Waals surface area contributed by atoms with E-state index < -0.39 is 0 Å². The van der Waals surface area contributed by atoms with Crippen molar-refractivity contribution in [1.29, 1.82) is 0 Å². The minimum Gasteiger partial charge on any atom is -0.350 e. The molecule has 0 aromatic heterocycles. The fourth-order valence-electron chi connectivity index (χ4n) is 1.11. The van der Waals surface area contributed by atoms with Crippen LogP contribution in [0, 0.1) is 5.41 Å². The van der Waals surface area contributed by atoms with Gasteiger partial charge in [-0.25, -0.2) is 0 Å². The van der Waals surface area contributed by atoms with Crippen LogP contribution in [0.5, 0.6) is 0 Å². The highest BCUT2D eigenvalue weighted by atomic mass is 127. The highest BCUT2D eigenvalue weighted by Crippen LogP contribution is 2.33. The largest absolute Gasteiger partial charge is 0.350 e. The van der Waals surface area contributed by atoms with Crippen molar-refractivity contribution < 1.29 is 9.47 Å². The average molecular weight is 284 g/mol. The first kappa shape index (κ1) is 10.7. The fourth-order valence-corrected chi connectivity index (χ4v) is 2.09. The highest BCUT2D eigenvalue weighted by molar-refractivity contribution is 14.1. The second-order valence-electron chi connectivity index (χ2n) is 3.96. The smallest absolute Gasteiger partial charge is 0.162 e. The molecule has 0 radical (unpaired) electrons.